The number of esters is 1. The van der Waals surface area contributed by atoms with E-state index in [2.05, 4.69) is 15.4 Å². The molecular weight excluding hydrogens is 272 g/mol. The first-order valence-corrected chi connectivity index (χ1v) is 6.85. The smallest absolute Gasteiger partial charge is 0.337 e. The van der Waals surface area contributed by atoms with Crippen LogP contribution in [-0.4, -0.2) is 45.3 Å². The summed E-state index contributed by atoms with van der Waals surface area (Å²) in [7, 11) is 3.17. The maximum atomic E-state index is 12.1. The summed E-state index contributed by atoms with van der Waals surface area (Å²) in [6.45, 7) is 1.42. The van der Waals surface area contributed by atoms with Crippen LogP contribution in [0.1, 0.15) is 15.9 Å². The number of ether oxygens (including phenoxy) is 2. The van der Waals surface area contributed by atoms with E-state index in [9.17, 15) is 9.59 Å². The fourth-order valence-corrected chi connectivity index (χ4v) is 2.29. The van der Waals surface area contributed by atoms with Gasteiger partial charge in [-0.05, 0) is 24.7 Å². The van der Waals surface area contributed by atoms with E-state index in [1.807, 2.05) is 7.05 Å². The van der Waals surface area contributed by atoms with E-state index in [4.69, 9.17) is 4.74 Å². The van der Waals surface area contributed by atoms with Crippen molar-refractivity contribution in [3.05, 3.63) is 35.4 Å². The summed E-state index contributed by atoms with van der Waals surface area (Å²) in [6, 6.07) is 7.03. The fourth-order valence-electron chi connectivity index (χ4n) is 2.29. The fraction of sp³-hybridized carbons (Fsp3) is 0.467. The number of nitrogens with one attached hydrogen (secondary N) is 2. The molecule has 0 aromatic heterocycles. The summed E-state index contributed by atoms with van der Waals surface area (Å²) in [6.07, 6.45) is 0. The quantitative estimate of drug-likeness (QED) is 0.765. The second kappa shape index (κ2) is 7.19. The lowest BCUT2D eigenvalue weighted by atomic mass is 10.0. The van der Waals surface area contributed by atoms with Gasteiger partial charge in [0.2, 0.25) is 5.91 Å². The molecule has 1 aromatic carbocycles. The number of hydrogen-bond donors (Lipinski definition) is 2. The van der Waals surface area contributed by atoms with E-state index in [-0.39, 0.29) is 23.8 Å². The number of benzene rings is 1. The molecule has 2 N–H and O–H groups in total. The van der Waals surface area contributed by atoms with Crippen LogP contribution in [0.5, 0.6) is 0 Å². The predicted molar refractivity (Wildman–Crippen MR) is 76.8 cm³/mol. The standard InChI is InChI=1S/C15H20N2O4/c1-16-13-9-21-8-12(13)14(18)17-7-10-3-5-11(6-4-10)15(19)20-2/h3-6,12-13,16H,7-9H2,1-2H3,(H,17,18). The molecule has 1 aliphatic rings. The summed E-state index contributed by atoms with van der Waals surface area (Å²) in [4.78, 5) is 23.4. The van der Waals surface area contributed by atoms with Crippen LogP contribution in [0.15, 0.2) is 24.3 Å². The largest absolute Gasteiger partial charge is 0.465 e. The lowest BCUT2D eigenvalue weighted by Gasteiger charge is -2.16. The molecule has 0 aliphatic carbocycles. The molecule has 0 radical (unpaired) electrons. The molecular formula is C15H20N2O4. The zero-order chi connectivity index (χ0) is 15.2. The minimum Gasteiger partial charge on any atom is -0.465 e. The minimum atomic E-state index is -0.370. The maximum Gasteiger partial charge on any atom is 0.337 e. The van der Waals surface area contributed by atoms with Crippen LogP contribution in [-0.2, 0) is 20.8 Å². The van der Waals surface area contributed by atoms with Gasteiger partial charge in [0.15, 0.2) is 0 Å². The van der Waals surface area contributed by atoms with Crippen LogP contribution in [0.2, 0.25) is 0 Å². The molecule has 1 heterocycles. The Balaban J connectivity index is 1.88. The summed E-state index contributed by atoms with van der Waals surface area (Å²) in [5.41, 5.74) is 1.42. The number of amides is 1. The Hall–Kier alpha value is -1.92. The van der Waals surface area contributed by atoms with Crippen LogP contribution >= 0.6 is 0 Å². The Morgan fingerprint density at radius 1 is 1.29 bits per heavy atom. The van der Waals surface area contributed by atoms with Crippen LogP contribution in [0.3, 0.4) is 0 Å². The summed E-state index contributed by atoms with van der Waals surface area (Å²) < 4.78 is 9.95. The van der Waals surface area contributed by atoms with Crippen molar-refractivity contribution in [1.82, 2.24) is 10.6 Å². The Labute approximate surface area is 123 Å². The normalized spacial score (nSPS) is 21.0. The maximum absolute atomic E-state index is 12.1. The second-order valence-electron chi connectivity index (χ2n) is 4.95. The molecule has 2 unspecified atom stereocenters. The number of carbonyl (C=O) groups is 2. The Kier molecular flexibility index (Phi) is 5.30. The van der Waals surface area contributed by atoms with Gasteiger partial charge in [-0.15, -0.1) is 0 Å². The highest BCUT2D eigenvalue weighted by Crippen LogP contribution is 2.14. The number of rotatable bonds is 5. The van der Waals surface area contributed by atoms with Gasteiger partial charge in [0.25, 0.3) is 0 Å². The van der Waals surface area contributed by atoms with Gasteiger partial charge in [-0.2, -0.15) is 0 Å². The topological polar surface area (TPSA) is 76.7 Å². The third-order valence-electron chi connectivity index (χ3n) is 3.63. The third-order valence-corrected chi connectivity index (χ3v) is 3.63. The molecule has 1 aliphatic heterocycles. The Bertz CT molecular complexity index is 501. The SMILES string of the molecule is CNC1COCC1C(=O)NCc1ccc(C(=O)OC)cc1. The molecule has 2 atom stereocenters. The van der Waals surface area contributed by atoms with Crippen molar-refractivity contribution in [2.45, 2.75) is 12.6 Å². The minimum absolute atomic E-state index is 0.0242. The van der Waals surface area contributed by atoms with Gasteiger partial charge in [0, 0.05) is 12.6 Å². The molecule has 1 aromatic rings. The van der Waals surface area contributed by atoms with Crippen molar-refractivity contribution in [2.24, 2.45) is 5.92 Å². The van der Waals surface area contributed by atoms with Gasteiger partial charge in [0.05, 0.1) is 31.8 Å². The van der Waals surface area contributed by atoms with Crippen molar-refractivity contribution in [3.8, 4) is 0 Å². The van der Waals surface area contributed by atoms with Gasteiger partial charge in [-0.25, -0.2) is 4.79 Å². The van der Waals surface area contributed by atoms with Gasteiger partial charge in [-0.3, -0.25) is 4.79 Å². The van der Waals surface area contributed by atoms with E-state index in [0.29, 0.717) is 25.3 Å². The molecule has 114 valence electrons. The van der Waals surface area contributed by atoms with Crippen LogP contribution in [0.25, 0.3) is 0 Å². The van der Waals surface area contributed by atoms with Crippen LogP contribution in [0.4, 0.5) is 0 Å². The summed E-state index contributed by atoms with van der Waals surface area (Å²) in [5, 5.41) is 5.97. The van der Waals surface area contributed by atoms with Crippen molar-refractivity contribution in [3.63, 3.8) is 0 Å². The van der Waals surface area contributed by atoms with Crippen molar-refractivity contribution < 1.29 is 19.1 Å². The zero-order valence-electron chi connectivity index (χ0n) is 12.2. The lowest BCUT2D eigenvalue weighted by molar-refractivity contribution is -0.125. The number of hydrogen-bond acceptors (Lipinski definition) is 5. The highest BCUT2D eigenvalue weighted by atomic mass is 16.5. The highest BCUT2D eigenvalue weighted by molar-refractivity contribution is 5.89. The molecule has 6 nitrogen and oxygen atoms in total. The predicted octanol–water partition coefficient (Wildman–Crippen LogP) is 0.324. The van der Waals surface area contributed by atoms with Gasteiger partial charge >= 0.3 is 5.97 Å². The van der Waals surface area contributed by atoms with Crippen molar-refractivity contribution >= 4 is 11.9 Å². The molecule has 1 saturated heterocycles. The monoisotopic (exact) mass is 292 g/mol. The molecule has 21 heavy (non-hydrogen) atoms. The van der Waals surface area contributed by atoms with Crippen molar-refractivity contribution in [1.29, 1.82) is 0 Å². The van der Waals surface area contributed by atoms with Gasteiger partial charge < -0.3 is 20.1 Å². The lowest BCUT2D eigenvalue weighted by Crippen LogP contribution is -2.42. The molecule has 0 bridgehead atoms. The number of methoxy groups -OCH3 is 1. The average molecular weight is 292 g/mol. The molecule has 0 saturated carbocycles. The van der Waals surface area contributed by atoms with E-state index in [1.165, 1.54) is 7.11 Å². The first kappa shape index (κ1) is 15.5. The number of likely N-dealkylation sites (N-methyl/N-ethyl adjacent to an activating group) is 1. The first-order valence-electron chi connectivity index (χ1n) is 6.85. The van der Waals surface area contributed by atoms with Crippen LogP contribution < -0.4 is 10.6 Å². The van der Waals surface area contributed by atoms with Gasteiger partial charge in [-0.1, -0.05) is 12.1 Å². The second-order valence-corrected chi connectivity index (χ2v) is 4.95. The molecule has 6 heteroatoms. The van der Waals surface area contributed by atoms with Crippen LogP contribution in [0, 0.1) is 5.92 Å². The third kappa shape index (κ3) is 3.80. The van der Waals surface area contributed by atoms with E-state index >= 15 is 0 Å². The van der Waals surface area contributed by atoms with E-state index in [1.54, 1.807) is 24.3 Å². The molecule has 0 spiro atoms. The molecule has 1 fully saturated rings. The first-order chi connectivity index (χ1) is 10.2. The van der Waals surface area contributed by atoms with E-state index < -0.39 is 0 Å². The highest BCUT2D eigenvalue weighted by Gasteiger charge is 2.32. The zero-order valence-corrected chi connectivity index (χ0v) is 12.2. The van der Waals surface area contributed by atoms with E-state index in [0.717, 1.165) is 5.56 Å². The van der Waals surface area contributed by atoms with Crippen molar-refractivity contribution in [2.75, 3.05) is 27.4 Å². The Morgan fingerprint density at radius 3 is 2.62 bits per heavy atom. The molecule has 1 amide bonds. The summed E-state index contributed by atoms with van der Waals surface area (Å²) in [5.74, 6) is -0.557. The van der Waals surface area contributed by atoms with Gasteiger partial charge in [0.1, 0.15) is 0 Å². The number of carbonyl (C=O) groups excluding carboxylic acids is 2. The average Bonchev–Trinajstić information content (AvgIpc) is 3.01. The Morgan fingerprint density at radius 2 is 2.00 bits per heavy atom. The summed E-state index contributed by atoms with van der Waals surface area (Å²) >= 11 is 0. The molecule has 2 rings (SSSR count).